The number of hydrogen-bond acceptors (Lipinski definition) is 7. The van der Waals surface area contributed by atoms with Crippen molar-refractivity contribution in [3.8, 4) is 5.75 Å². The van der Waals surface area contributed by atoms with Crippen LogP contribution in [0, 0.1) is 11.7 Å². The van der Waals surface area contributed by atoms with E-state index in [0.717, 1.165) is 29.3 Å². The van der Waals surface area contributed by atoms with Crippen LogP contribution in [-0.2, 0) is 14.8 Å². The predicted octanol–water partition coefficient (Wildman–Crippen LogP) is 6.74. The van der Waals surface area contributed by atoms with Crippen LogP contribution in [0.4, 0.5) is 20.6 Å². The Labute approximate surface area is 304 Å². The van der Waals surface area contributed by atoms with Crippen molar-refractivity contribution in [3.05, 3.63) is 96.3 Å². The van der Waals surface area contributed by atoms with Gasteiger partial charge in [-0.05, 0) is 87.0 Å². The SMILES string of the molecule is C[C@@H]1CCCCO[C@H](CN(C)S(=O)(=O)c2ccc(F)cc2)[C@@H](C)CN([C@H](C)CO)C(=O)c2cc(NC(=O)Nc3cccc4ccccc34)ccc2O1. The normalized spacial score (nSPS) is 19.7. The maximum absolute atomic E-state index is 14.5. The van der Waals surface area contributed by atoms with Crippen LogP contribution >= 0.6 is 0 Å². The van der Waals surface area contributed by atoms with Gasteiger partial charge in [0.15, 0.2) is 0 Å². The molecule has 1 aliphatic heterocycles. The predicted molar refractivity (Wildman–Crippen MR) is 200 cm³/mol. The molecule has 3 N–H and O–H groups in total. The van der Waals surface area contributed by atoms with E-state index in [1.165, 1.54) is 28.4 Å². The molecule has 0 unspecified atom stereocenters. The molecule has 5 rings (SSSR count). The number of nitrogens with zero attached hydrogens (tertiary/aromatic N) is 2. The lowest BCUT2D eigenvalue weighted by Gasteiger charge is -2.35. The molecule has 278 valence electrons. The molecule has 0 spiro atoms. The van der Waals surface area contributed by atoms with Gasteiger partial charge in [-0.3, -0.25) is 4.79 Å². The summed E-state index contributed by atoms with van der Waals surface area (Å²) in [5.74, 6) is -1.02. The number of hydrogen-bond donors (Lipinski definition) is 3. The number of carbonyl (C=O) groups is 2. The molecule has 4 aromatic carbocycles. The van der Waals surface area contributed by atoms with Crippen molar-refractivity contribution >= 4 is 44.1 Å². The number of aliphatic hydroxyl groups excluding tert-OH is 1. The zero-order valence-corrected chi connectivity index (χ0v) is 30.7. The quantitative estimate of drug-likeness (QED) is 0.182. The molecule has 3 amide bonds. The molecule has 4 aromatic rings. The molecule has 0 bridgehead atoms. The average Bonchev–Trinajstić information content (AvgIpc) is 3.13. The summed E-state index contributed by atoms with van der Waals surface area (Å²) < 4.78 is 54.1. The van der Waals surface area contributed by atoms with Gasteiger partial charge >= 0.3 is 6.03 Å². The number of ether oxygens (including phenoxy) is 2. The Morgan fingerprint density at radius 2 is 1.75 bits per heavy atom. The third-order valence-electron chi connectivity index (χ3n) is 9.31. The maximum atomic E-state index is 14.5. The number of amides is 3. The van der Waals surface area contributed by atoms with Crippen LogP contribution in [0.1, 0.15) is 50.4 Å². The highest BCUT2D eigenvalue weighted by Gasteiger charge is 2.32. The molecule has 4 atom stereocenters. The first-order valence-electron chi connectivity index (χ1n) is 17.5. The van der Waals surface area contributed by atoms with Crippen LogP contribution in [0.3, 0.4) is 0 Å². The van der Waals surface area contributed by atoms with Gasteiger partial charge in [0.25, 0.3) is 5.91 Å². The molecule has 1 aliphatic rings. The van der Waals surface area contributed by atoms with Gasteiger partial charge in [0.2, 0.25) is 10.0 Å². The smallest absolute Gasteiger partial charge is 0.323 e. The van der Waals surface area contributed by atoms with E-state index in [-0.39, 0.29) is 42.2 Å². The first-order chi connectivity index (χ1) is 24.9. The maximum Gasteiger partial charge on any atom is 0.323 e. The summed E-state index contributed by atoms with van der Waals surface area (Å²) in [6.45, 7) is 5.63. The number of anilines is 2. The summed E-state index contributed by atoms with van der Waals surface area (Å²) in [6, 6.07) is 21.8. The first-order valence-corrected chi connectivity index (χ1v) is 18.9. The van der Waals surface area contributed by atoms with E-state index in [0.29, 0.717) is 36.6 Å². The number of benzene rings is 4. The molecule has 0 aromatic heterocycles. The molecular weight excluding hydrogens is 688 g/mol. The van der Waals surface area contributed by atoms with Crippen molar-refractivity contribution in [1.29, 1.82) is 0 Å². The zero-order valence-electron chi connectivity index (χ0n) is 29.9. The number of carbonyl (C=O) groups excluding carboxylic acids is 2. The van der Waals surface area contributed by atoms with Gasteiger partial charge in [0, 0.05) is 43.7 Å². The lowest BCUT2D eigenvalue weighted by Crippen LogP contribution is -2.48. The number of rotatable bonds is 8. The van der Waals surface area contributed by atoms with E-state index in [4.69, 9.17) is 9.47 Å². The van der Waals surface area contributed by atoms with Crippen LogP contribution < -0.4 is 15.4 Å². The van der Waals surface area contributed by atoms with Crippen molar-refractivity contribution < 1.29 is 37.0 Å². The number of urea groups is 1. The molecule has 0 aliphatic carbocycles. The van der Waals surface area contributed by atoms with Crippen molar-refractivity contribution in [2.24, 2.45) is 5.92 Å². The van der Waals surface area contributed by atoms with Crippen molar-refractivity contribution in [2.45, 2.75) is 63.2 Å². The first kappa shape index (κ1) is 38.7. The summed E-state index contributed by atoms with van der Waals surface area (Å²) in [5, 5.41) is 17.9. The fraction of sp³-hybridized carbons (Fsp3) is 0.385. The van der Waals surface area contributed by atoms with Gasteiger partial charge in [-0.25, -0.2) is 17.6 Å². The van der Waals surface area contributed by atoms with E-state index in [1.54, 1.807) is 25.1 Å². The minimum Gasteiger partial charge on any atom is -0.490 e. The molecular formula is C39H47FN4O7S. The topological polar surface area (TPSA) is 138 Å². The number of halogens is 1. The number of sulfonamides is 1. The highest BCUT2D eigenvalue weighted by Crippen LogP contribution is 2.30. The highest BCUT2D eigenvalue weighted by molar-refractivity contribution is 7.89. The Balaban J connectivity index is 1.41. The minimum absolute atomic E-state index is 0.0214. The molecule has 52 heavy (non-hydrogen) atoms. The van der Waals surface area contributed by atoms with Gasteiger partial charge < -0.3 is 30.1 Å². The molecule has 0 fully saturated rings. The monoisotopic (exact) mass is 734 g/mol. The fourth-order valence-electron chi connectivity index (χ4n) is 6.22. The van der Waals surface area contributed by atoms with Crippen LogP contribution in [0.2, 0.25) is 0 Å². The van der Waals surface area contributed by atoms with Crippen LogP contribution in [0.5, 0.6) is 5.75 Å². The number of aliphatic hydroxyl groups is 1. The van der Waals surface area contributed by atoms with Gasteiger partial charge in [0.05, 0.1) is 41.0 Å². The lowest BCUT2D eigenvalue weighted by molar-refractivity contribution is -0.00834. The Bertz CT molecular complexity index is 1950. The second kappa shape index (κ2) is 17.3. The molecule has 0 radical (unpaired) electrons. The molecule has 0 saturated carbocycles. The number of likely N-dealkylation sites (N-methyl/N-ethyl adjacent to an activating group) is 1. The van der Waals surface area contributed by atoms with Gasteiger partial charge in [-0.1, -0.05) is 43.3 Å². The van der Waals surface area contributed by atoms with E-state index in [2.05, 4.69) is 10.6 Å². The summed E-state index contributed by atoms with van der Waals surface area (Å²) in [4.78, 5) is 29.1. The second-order valence-corrected chi connectivity index (χ2v) is 15.4. The summed E-state index contributed by atoms with van der Waals surface area (Å²) in [6.07, 6.45) is 1.25. The van der Waals surface area contributed by atoms with E-state index in [1.807, 2.05) is 56.3 Å². The largest absolute Gasteiger partial charge is 0.490 e. The molecule has 13 heteroatoms. The summed E-state index contributed by atoms with van der Waals surface area (Å²) >= 11 is 0. The molecule has 11 nitrogen and oxygen atoms in total. The minimum atomic E-state index is -3.97. The summed E-state index contributed by atoms with van der Waals surface area (Å²) in [5.41, 5.74) is 1.19. The molecule has 1 heterocycles. The van der Waals surface area contributed by atoms with Crippen molar-refractivity contribution in [1.82, 2.24) is 9.21 Å². The van der Waals surface area contributed by atoms with Crippen molar-refractivity contribution in [3.63, 3.8) is 0 Å². The van der Waals surface area contributed by atoms with E-state index < -0.39 is 39.9 Å². The van der Waals surface area contributed by atoms with Crippen LogP contribution in [0.25, 0.3) is 10.8 Å². The van der Waals surface area contributed by atoms with Gasteiger partial charge in [-0.15, -0.1) is 0 Å². The number of nitrogens with one attached hydrogen (secondary N) is 2. The average molecular weight is 735 g/mol. The summed E-state index contributed by atoms with van der Waals surface area (Å²) in [7, 11) is -2.52. The van der Waals surface area contributed by atoms with Gasteiger partial charge in [-0.2, -0.15) is 4.31 Å². The van der Waals surface area contributed by atoms with Crippen LogP contribution in [-0.4, -0.2) is 86.3 Å². The lowest BCUT2D eigenvalue weighted by atomic mass is 10.0. The Morgan fingerprint density at radius 1 is 1.02 bits per heavy atom. The van der Waals surface area contributed by atoms with Crippen molar-refractivity contribution in [2.75, 3.05) is 44.0 Å². The van der Waals surface area contributed by atoms with E-state index >= 15 is 0 Å². The second-order valence-electron chi connectivity index (χ2n) is 13.4. The molecule has 0 saturated heterocycles. The van der Waals surface area contributed by atoms with Crippen LogP contribution in [0.15, 0.2) is 89.8 Å². The number of fused-ring (bicyclic) bond motifs is 2. The Hall–Kier alpha value is -4.56. The third-order valence-corrected chi connectivity index (χ3v) is 11.1. The standard InChI is InChI=1S/C39H47FN4O7S/c1-26-23-44(27(2)25-45)38(46)34-22-31(41-39(47)42-35-14-9-12-29-11-5-6-13-33(29)35)17-20-36(34)51-28(3)10-7-8-21-50-37(26)24-43(4)52(48,49)32-18-15-30(40)16-19-32/h5-6,9,11-20,22,26-28,37,45H,7-8,10,21,23-25H2,1-4H3,(H2,41,42,47)/t26-,27+,28+,37+/m0/s1. The van der Waals surface area contributed by atoms with Gasteiger partial charge in [0.1, 0.15) is 11.6 Å². The highest BCUT2D eigenvalue weighted by atomic mass is 32.2. The Morgan fingerprint density at radius 3 is 2.50 bits per heavy atom. The third kappa shape index (κ3) is 9.45. The zero-order chi connectivity index (χ0) is 37.4. The fourth-order valence-corrected chi connectivity index (χ4v) is 7.40. The Kier molecular flexibility index (Phi) is 12.9. The van der Waals surface area contributed by atoms with E-state index in [9.17, 15) is 27.5 Å².